The van der Waals surface area contributed by atoms with Gasteiger partial charge in [-0.25, -0.2) is 42.6 Å². The topological polar surface area (TPSA) is 342 Å². The average molecular weight is 1610 g/mol. The Hall–Kier alpha value is -9.31. The maximum absolute atomic E-state index is 16.9. The van der Waals surface area contributed by atoms with Gasteiger partial charge in [-0.2, -0.15) is 40.2 Å². The molecule has 3 amide bonds. The summed E-state index contributed by atoms with van der Waals surface area (Å²) in [7, 11) is -4.03. The molecule has 27 nitrogen and oxygen atoms in total. The van der Waals surface area contributed by atoms with Crippen LogP contribution in [0.25, 0.3) is 11.3 Å². The van der Waals surface area contributed by atoms with Gasteiger partial charge >= 0.3 is 50.7 Å². The van der Waals surface area contributed by atoms with Crippen LogP contribution >= 0.6 is 7.82 Å². The number of aryl methyl sites for hydroxylation is 1. The Bertz CT molecular complexity index is 4350. The number of carbonyl (C=O) groups excluding carboxylic acids is 6. The molecule has 4 aliphatic rings. The number of Topliss-reactive ketones (excluding diaryl/α,β-unsaturated/α-hetero) is 1. The Labute approximate surface area is 637 Å². The van der Waals surface area contributed by atoms with Gasteiger partial charge in [-0.3, -0.25) is 44.1 Å². The molecule has 112 heavy (non-hydrogen) atoms. The van der Waals surface area contributed by atoms with E-state index in [0.29, 0.717) is 106 Å². The molecule has 4 saturated heterocycles. The van der Waals surface area contributed by atoms with Crippen molar-refractivity contribution in [3.63, 3.8) is 0 Å². The van der Waals surface area contributed by atoms with Gasteiger partial charge in [0, 0.05) is 116 Å². The number of carboxylic acids is 1. The number of hydrogen-bond donors (Lipinski definition) is 6. The first-order valence-electron chi connectivity index (χ1n) is 35.5. The van der Waals surface area contributed by atoms with Crippen molar-refractivity contribution < 1.29 is 125 Å². The number of nitrogens with zero attached hydrogens (tertiary/aromatic N) is 7. The fourth-order valence-corrected chi connectivity index (χ4v) is 14.8. The van der Waals surface area contributed by atoms with E-state index in [0.717, 1.165) is 45.4 Å². The van der Waals surface area contributed by atoms with Gasteiger partial charge in [-0.15, -0.1) is 0 Å². The van der Waals surface area contributed by atoms with Crippen LogP contribution in [0.15, 0.2) is 73.2 Å². The second-order valence-electron chi connectivity index (χ2n) is 30.0. The lowest BCUT2D eigenvalue weighted by Crippen LogP contribution is -2.62. The van der Waals surface area contributed by atoms with Crippen molar-refractivity contribution in [2.75, 3.05) is 65.2 Å². The van der Waals surface area contributed by atoms with Crippen LogP contribution in [0, 0.1) is 53.1 Å². The molecule has 0 aliphatic carbocycles. The number of fused-ring (bicyclic) bond motifs is 2. The smallest absolute Gasteiger partial charge is 0.480 e. The van der Waals surface area contributed by atoms with Gasteiger partial charge in [0.1, 0.15) is 35.1 Å². The number of nitrogens with one attached hydrogen (secondary N) is 3. The number of alkyl carbamates (subject to hydrolysis) is 1. The van der Waals surface area contributed by atoms with Gasteiger partial charge in [0.25, 0.3) is 0 Å². The van der Waals surface area contributed by atoms with Crippen LogP contribution in [0.2, 0.25) is 0 Å². The highest BCUT2D eigenvalue weighted by Crippen LogP contribution is 2.48. The number of hydrazine groups is 1. The third-order valence-corrected chi connectivity index (χ3v) is 21.3. The lowest BCUT2D eigenvalue weighted by molar-refractivity contribution is -0.231. The van der Waals surface area contributed by atoms with Crippen LogP contribution in [0.4, 0.5) is 54.6 Å². The molecule has 3 aromatic carbocycles. The van der Waals surface area contributed by atoms with Gasteiger partial charge in [0.15, 0.2) is 5.78 Å². The molecule has 610 valence electrons. The van der Waals surface area contributed by atoms with E-state index in [1.165, 1.54) is 51.1 Å². The van der Waals surface area contributed by atoms with Crippen LogP contribution in [0.5, 0.6) is 5.75 Å². The van der Waals surface area contributed by atoms with E-state index in [1.807, 2.05) is 5.32 Å². The fourth-order valence-electron chi connectivity index (χ4n) is 14.4. The third-order valence-electron chi connectivity index (χ3n) is 20.9. The number of ketones is 1. The minimum atomic E-state index is -5.60. The number of anilines is 1. The lowest BCUT2D eigenvalue weighted by atomic mass is 9.75. The number of ether oxygens (including phenoxy) is 5. The minimum Gasteiger partial charge on any atom is -0.480 e. The number of piperazine rings is 1. The normalized spacial score (nSPS) is 18.1. The molecule has 6 atom stereocenters. The first-order valence-corrected chi connectivity index (χ1v) is 37.0. The second-order valence-corrected chi connectivity index (χ2v) is 31.2. The van der Waals surface area contributed by atoms with Crippen LogP contribution in [0.1, 0.15) is 132 Å². The van der Waals surface area contributed by atoms with Crippen LogP contribution in [0.3, 0.4) is 0 Å². The monoisotopic (exact) mass is 1610 g/mol. The highest BCUT2D eigenvalue weighted by atomic mass is 31.2. The predicted octanol–water partition coefficient (Wildman–Crippen LogP) is 9.55. The largest absolute Gasteiger partial charge is 0.524 e. The Balaban J connectivity index is 1.17. The third kappa shape index (κ3) is 20.9. The van der Waals surface area contributed by atoms with E-state index in [1.54, 1.807) is 12.4 Å². The van der Waals surface area contributed by atoms with E-state index < -0.39 is 193 Å². The summed E-state index contributed by atoms with van der Waals surface area (Å²) in [5.74, 6) is -9.97. The molecule has 4 fully saturated rings. The summed E-state index contributed by atoms with van der Waals surface area (Å²) < 4.78 is 198. The van der Waals surface area contributed by atoms with Crippen molar-refractivity contribution in [3.05, 3.63) is 124 Å². The standard InChI is InChI=1S/C74H87F10N10O17P/c1-41-24-47(30-59(96)88-72(65(100)101)19-22-108-23-20-72)62(57(25-41)111-112(103,104)105)69(2,3)32-61(98)110-58(38-92(90-64(99)52(31-60(97)106-8)70(4,5)73(79,80)81)37-51-53(75)27-45(28-54(51)76)55-18-21-93(89-55)66(77)78)46(29-56(95)63(87-68(102)107-9)71(6,7)74(82,83)84)26-43-13-10-42(11-14-43)12-15-44-33-85-67(86-34-44)91-35-48-16-17-49(36-91)94(48)50-39-109-40-50/h10-11,13-14,18,21,24-25,27-28,33-34,46,48-50,52,58,63,66H,16-17,19-20,22-23,26,29-32,35-40H2,1-9H3,(H,87,102)(H,88,96)(H,90,99)(H,100,101)(H2,103,104,105)/t46-,48?,49?,52-,58+,63-/m1/s1. The zero-order valence-electron chi connectivity index (χ0n) is 62.5. The second kappa shape index (κ2) is 35.0. The Morgan fingerprint density at radius 3 is 1.93 bits per heavy atom. The highest BCUT2D eigenvalue weighted by Gasteiger charge is 2.58. The number of esters is 2. The molecule has 6 N–H and O–H groups in total. The zero-order valence-corrected chi connectivity index (χ0v) is 63.4. The quantitative estimate of drug-likeness (QED) is 0.00600. The molecule has 5 aromatic rings. The summed E-state index contributed by atoms with van der Waals surface area (Å²) in [6, 6.07) is 8.88. The number of carboxylic acid groups (broad SMARTS) is 1. The number of halogens is 10. The Morgan fingerprint density at radius 2 is 1.39 bits per heavy atom. The molecule has 4 aliphatic heterocycles. The van der Waals surface area contributed by atoms with Crippen LogP contribution in [-0.4, -0.2) is 195 Å². The van der Waals surface area contributed by atoms with E-state index in [9.17, 15) is 52.2 Å². The van der Waals surface area contributed by atoms with E-state index in [4.69, 9.17) is 18.7 Å². The van der Waals surface area contributed by atoms with Crippen LogP contribution in [-0.2, 0) is 81.8 Å². The maximum atomic E-state index is 16.9. The number of carbonyl (C=O) groups is 7. The first kappa shape index (κ1) is 86.7. The number of benzene rings is 3. The first-order chi connectivity index (χ1) is 52.3. The number of aliphatic carboxylic acids is 1. The van der Waals surface area contributed by atoms with Gasteiger partial charge in [0.05, 0.1) is 87.3 Å². The Kier molecular flexibility index (Phi) is 27.1. The van der Waals surface area contributed by atoms with Crippen molar-refractivity contribution in [2.24, 2.45) is 22.7 Å². The van der Waals surface area contributed by atoms with Crippen molar-refractivity contribution >= 4 is 55.4 Å². The minimum absolute atomic E-state index is 0.0762. The van der Waals surface area contributed by atoms with Gasteiger partial charge in [0.2, 0.25) is 17.8 Å². The molecule has 6 heterocycles. The van der Waals surface area contributed by atoms with Crippen molar-refractivity contribution in [1.82, 2.24) is 45.7 Å². The zero-order chi connectivity index (χ0) is 82.4. The predicted molar refractivity (Wildman–Crippen MR) is 377 cm³/mol. The molecule has 2 unspecified atom stereocenters. The Morgan fingerprint density at radius 1 is 0.786 bits per heavy atom. The molecule has 2 bridgehead atoms. The van der Waals surface area contributed by atoms with E-state index >= 15 is 44.7 Å². The highest BCUT2D eigenvalue weighted by molar-refractivity contribution is 7.46. The number of aromatic nitrogens is 4. The summed E-state index contributed by atoms with van der Waals surface area (Å²) in [6.45, 7) is 3.01. The molecular formula is C74H87F10N10O17P. The molecular weight excluding hydrogens is 1520 g/mol. The fraction of sp³-hybridized carbons (Fsp3) is 0.541. The lowest BCUT2D eigenvalue weighted by Gasteiger charge is -2.47. The van der Waals surface area contributed by atoms with Crippen LogP contribution < -0.4 is 25.5 Å². The number of phosphoric acid groups is 1. The number of rotatable bonds is 31. The van der Waals surface area contributed by atoms with Crippen molar-refractivity contribution in [2.45, 2.75) is 173 Å². The average Bonchev–Trinajstić information content (AvgIpc) is 1.59. The van der Waals surface area contributed by atoms with Gasteiger partial charge in [-0.1, -0.05) is 57.7 Å². The molecule has 0 spiro atoms. The number of amides is 3. The number of phosphoric ester groups is 1. The van der Waals surface area contributed by atoms with E-state index in [2.05, 4.69) is 56.9 Å². The van der Waals surface area contributed by atoms with Crippen molar-refractivity contribution in [1.29, 1.82) is 0 Å². The summed E-state index contributed by atoms with van der Waals surface area (Å²) in [5.41, 5.74) is -9.29. The summed E-state index contributed by atoms with van der Waals surface area (Å²) in [5, 5.41) is 18.9. The molecule has 0 radical (unpaired) electrons. The number of methoxy groups -OCH3 is 2. The summed E-state index contributed by atoms with van der Waals surface area (Å²) in [6.07, 6.45) is -13.9. The summed E-state index contributed by atoms with van der Waals surface area (Å²) >= 11 is 0. The molecule has 2 aromatic heterocycles. The molecule has 38 heteroatoms. The number of alkyl halides is 8. The van der Waals surface area contributed by atoms with Crippen molar-refractivity contribution in [3.8, 4) is 28.8 Å². The molecule has 0 saturated carbocycles. The summed E-state index contributed by atoms with van der Waals surface area (Å²) in [4.78, 5) is 133. The SMILES string of the molecule is COC(=O)C[C@H](C(=O)NN(Cc1c(F)cc(-c2ccn(C(F)F)n2)cc1F)C[C@H](OC(=O)CC(C)(C)c1c(CC(=O)NC2(C(=O)O)CCOCC2)cc(C)cc1OP(=O)(O)O)[C@@H](CC(=O)[C@@H](NC(=O)OC)C(C)(C)C(F)(F)F)Cc1ccc(C#Cc2cnc(N3CC4CCC(C3)N4C3COC3)nc2)cc1)C(C)(C)C(F)(F)F. The van der Waals surface area contributed by atoms with Gasteiger partial charge < -0.3 is 48.8 Å². The van der Waals surface area contributed by atoms with Gasteiger partial charge in [-0.05, 0) is 93.1 Å². The van der Waals surface area contributed by atoms with E-state index in [-0.39, 0.29) is 53.0 Å². The molecule has 9 rings (SSSR count). The maximum Gasteiger partial charge on any atom is 0.524 e. The number of hydrogen-bond acceptors (Lipinski definition) is 20.